The highest BCUT2D eigenvalue weighted by Crippen LogP contribution is 2.22. The molecule has 0 amide bonds. The summed E-state index contributed by atoms with van der Waals surface area (Å²) in [6, 6.07) is 8.05. The minimum Gasteiger partial charge on any atom is -0.340 e. The normalized spacial score (nSPS) is 10.4. The zero-order chi connectivity index (χ0) is 12.4. The molecule has 0 spiro atoms. The Morgan fingerprint density at radius 1 is 1.12 bits per heavy atom. The van der Waals surface area contributed by atoms with Gasteiger partial charge in [-0.1, -0.05) is 12.1 Å². The molecule has 0 aliphatic carbocycles. The molecule has 17 heavy (non-hydrogen) atoms. The summed E-state index contributed by atoms with van der Waals surface area (Å²) in [6.45, 7) is 6.07. The number of benzene rings is 1. The van der Waals surface area contributed by atoms with Gasteiger partial charge in [0, 0.05) is 11.8 Å². The molecular weight excluding hydrogens is 278 g/mol. The van der Waals surface area contributed by atoms with Crippen LogP contribution in [0, 0.1) is 20.8 Å². The number of aromatic nitrogens is 2. The molecule has 0 aliphatic rings. The number of hydrogen-bond acceptors (Lipinski definition) is 3. The molecule has 1 heterocycles. The van der Waals surface area contributed by atoms with Gasteiger partial charge in [-0.3, -0.25) is 0 Å². The van der Waals surface area contributed by atoms with E-state index in [1.807, 2.05) is 25.1 Å². The second-order valence-corrected chi connectivity index (χ2v) is 4.81. The van der Waals surface area contributed by atoms with E-state index in [-0.39, 0.29) is 0 Å². The highest BCUT2D eigenvalue weighted by molar-refractivity contribution is 9.10. The predicted octanol–water partition coefficient (Wildman–Crippen LogP) is 3.91. The molecule has 0 fully saturated rings. The summed E-state index contributed by atoms with van der Waals surface area (Å²) >= 11 is 3.37. The van der Waals surface area contributed by atoms with Gasteiger partial charge in [-0.2, -0.15) is 0 Å². The summed E-state index contributed by atoms with van der Waals surface area (Å²) in [5, 5.41) is 3.31. The lowest BCUT2D eigenvalue weighted by molar-refractivity contribution is 1.04. The fourth-order valence-electron chi connectivity index (χ4n) is 1.62. The highest BCUT2D eigenvalue weighted by atomic mass is 79.9. The van der Waals surface area contributed by atoms with Crippen molar-refractivity contribution in [3.8, 4) is 0 Å². The van der Waals surface area contributed by atoms with Crippen molar-refractivity contribution < 1.29 is 0 Å². The van der Waals surface area contributed by atoms with Gasteiger partial charge in [0.1, 0.15) is 16.2 Å². The summed E-state index contributed by atoms with van der Waals surface area (Å²) in [4.78, 5) is 8.53. The van der Waals surface area contributed by atoms with Crippen LogP contribution >= 0.6 is 15.9 Å². The Bertz CT molecular complexity index is 532. The van der Waals surface area contributed by atoms with Gasteiger partial charge in [0.15, 0.2) is 0 Å². The van der Waals surface area contributed by atoms with Crippen LogP contribution in [-0.2, 0) is 0 Å². The first-order valence-electron chi connectivity index (χ1n) is 5.40. The maximum absolute atomic E-state index is 4.35. The van der Waals surface area contributed by atoms with Crippen molar-refractivity contribution in [1.82, 2.24) is 9.97 Å². The molecule has 0 saturated carbocycles. The minimum atomic E-state index is 0.743. The Morgan fingerprint density at radius 2 is 1.88 bits per heavy atom. The number of anilines is 2. The lowest BCUT2D eigenvalue weighted by atomic mass is 10.1. The van der Waals surface area contributed by atoms with E-state index < -0.39 is 0 Å². The molecule has 0 unspecified atom stereocenters. The molecule has 2 aromatic rings. The third-order valence-electron chi connectivity index (χ3n) is 2.67. The number of nitrogens with zero attached hydrogens (tertiary/aromatic N) is 2. The smallest absolute Gasteiger partial charge is 0.135 e. The van der Waals surface area contributed by atoms with E-state index in [1.165, 1.54) is 11.1 Å². The Kier molecular flexibility index (Phi) is 3.43. The molecule has 1 aromatic carbocycles. The van der Waals surface area contributed by atoms with Crippen LogP contribution in [0.2, 0.25) is 0 Å². The Morgan fingerprint density at radius 3 is 2.59 bits per heavy atom. The molecule has 0 bridgehead atoms. The summed E-state index contributed by atoms with van der Waals surface area (Å²) in [7, 11) is 0. The van der Waals surface area contributed by atoms with Crippen LogP contribution < -0.4 is 5.32 Å². The monoisotopic (exact) mass is 291 g/mol. The Hall–Kier alpha value is -1.42. The molecule has 3 nitrogen and oxygen atoms in total. The van der Waals surface area contributed by atoms with Gasteiger partial charge in [-0.05, 0) is 53.9 Å². The number of hydrogen-bond donors (Lipinski definition) is 1. The fourth-order valence-corrected chi connectivity index (χ4v) is 2.09. The van der Waals surface area contributed by atoms with E-state index in [0.29, 0.717) is 0 Å². The van der Waals surface area contributed by atoms with Crippen LogP contribution in [0.5, 0.6) is 0 Å². The van der Waals surface area contributed by atoms with E-state index in [4.69, 9.17) is 0 Å². The van der Waals surface area contributed by atoms with E-state index in [0.717, 1.165) is 21.9 Å². The first-order chi connectivity index (χ1) is 8.06. The van der Waals surface area contributed by atoms with Crippen molar-refractivity contribution in [3.05, 3.63) is 45.8 Å². The molecule has 0 aliphatic heterocycles. The first-order valence-corrected chi connectivity index (χ1v) is 6.20. The van der Waals surface area contributed by atoms with Crippen molar-refractivity contribution in [2.24, 2.45) is 0 Å². The molecule has 0 atom stereocenters. The maximum atomic E-state index is 4.35. The number of aryl methyl sites for hydroxylation is 2. The second kappa shape index (κ2) is 4.84. The molecule has 4 heteroatoms. The van der Waals surface area contributed by atoms with Crippen LogP contribution in [0.15, 0.2) is 28.9 Å². The molecule has 1 aromatic heterocycles. The molecule has 2 rings (SSSR count). The lowest BCUT2D eigenvalue weighted by Gasteiger charge is -2.11. The Labute approximate surface area is 109 Å². The average molecular weight is 292 g/mol. The predicted molar refractivity (Wildman–Crippen MR) is 73.7 cm³/mol. The molecular formula is C13H14BrN3. The van der Waals surface area contributed by atoms with Gasteiger partial charge in [0.2, 0.25) is 0 Å². The van der Waals surface area contributed by atoms with Crippen molar-refractivity contribution in [2.75, 3.05) is 5.32 Å². The summed E-state index contributed by atoms with van der Waals surface area (Å²) in [5.41, 5.74) is 3.58. The summed E-state index contributed by atoms with van der Waals surface area (Å²) < 4.78 is 0.790. The first kappa shape index (κ1) is 12.0. The molecule has 1 N–H and O–H groups in total. The number of halogens is 1. The third-order valence-corrected chi connectivity index (χ3v) is 3.08. The quantitative estimate of drug-likeness (QED) is 0.853. The van der Waals surface area contributed by atoms with Crippen molar-refractivity contribution in [1.29, 1.82) is 0 Å². The number of rotatable bonds is 2. The van der Waals surface area contributed by atoms with Crippen LogP contribution in [0.1, 0.15) is 17.0 Å². The standard InChI is InChI=1S/C13H14BrN3/c1-8-5-4-6-11(9(8)2)17-13-7-12(14)15-10(3)16-13/h4-7H,1-3H3,(H,15,16,17). The minimum absolute atomic E-state index is 0.743. The lowest BCUT2D eigenvalue weighted by Crippen LogP contribution is -1.99. The Balaban J connectivity index is 2.34. The third kappa shape index (κ3) is 2.82. The van der Waals surface area contributed by atoms with Gasteiger partial charge >= 0.3 is 0 Å². The largest absolute Gasteiger partial charge is 0.340 e. The molecule has 88 valence electrons. The van der Waals surface area contributed by atoms with E-state index in [1.54, 1.807) is 0 Å². The topological polar surface area (TPSA) is 37.8 Å². The van der Waals surface area contributed by atoms with Crippen LogP contribution in [0.25, 0.3) is 0 Å². The van der Waals surface area contributed by atoms with Crippen molar-refractivity contribution in [3.63, 3.8) is 0 Å². The van der Waals surface area contributed by atoms with E-state index in [2.05, 4.69) is 51.1 Å². The molecule has 0 radical (unpaired) electrons. The van der Waals surface area contributed by atoms with Gasteiger partial charge in [0.25, 0.3) is 0 Å². The summed E-state index contributed by atoms with van der Waals surface area (Å²) in [6.07, 6.45) is 0. The number of nitrogens with one attached hydrogen (secondary N) is 1. The summed E-state index contributed by atoms with van der Waals surface area (Å²) in [5.74, 6) is 1.55. The zero-order valence-corrected chi connectivity index (χ0v) is 11.7. The van der Waals surface area contributed by atoms with Gasteiger partial charge in [-0.25, -0.2) is 9.97 Å². The second-order valence-electron chi connectivity index (χ2n) is 4.00. The van der Waals surface area contributed by atoms with Crippen molar-refractivity contribution >= 4 is 27.4 Å². The van der Waals surface area contributed by atoms with Gasteiger partial charge in [0.05, 0.1) is 0 Å². The van der Waals surface area contributed by atoms with E-state index in [9.17, 15) is 0 Å². The fraction of sp³-hybridized carbons (Fsp3) is 0.231. The van der Waals surface area contributed by atoms with Crippen LogP contribution in [-0.4, -0.2) is 9.97 Å². The SMILES string of the molecule is Cc1nc(Br)cc(Nc2cccc(C)c2C)n1. The van der Waals surface area contributed by atoms with Crippen LogP contribution in [0.4, 0.5) is 11.5 Å². The highest BCUT2D eigenvalue weighted by Gasteiger charge is 2.03. The maximum Gasteiger partial charge on any atom is 0.135 e. The van der Waals surface area contributed by atoms with Gasteiger partial charge < -0.3 is 5.32 Å². The van der Waals surface area contributed by atoms with E-state index >= 15 is 0 Å². The van der Waals surface area contributed by atoms with Crippen LogP contribution in [0.3, 0.4) is 0 Å². The zero-order valence-electron chi connectivity index (χ0n) is 10.1. The van der Waals surface area contributed by atoms with Crippen molar-refractivity contribution in [2.45, 2.75) is 20.8 Å². The average Bonchev–Trinajstić information content (AvgIpc) is 2.23. The molecule has 0 saturated heterocycles. The van der Waals surface area contributed by atoms with Gasteiger partial charge in [-0.15, -0.1) is 0 Å².